The molecule has 0 fully saturated rings. The van der Waals surface area contributed by atoms with Crippen LogP contribution in [0.3, 0.4) is 0 Å². The number of rotatable bonds is 11. The van der Waals surface area contributed by atoms with E-state index in [2.05, 4.69) is 23.5 Å². The summed E-state index contributed by atoms with van der Waals surface area (Å²) in [6, 6.07) is 8.32. The van der Waals surface area contributed by atoms with Crippen LogP contribution in [-0.4, -0.2) is 40.6 Å². The number of benzene rings is 1. The van der Waals surface area contributed by atoms with Gasteiger partial charge in [-0.2, -0.15) is 0 Å². The highest BCUT2D eigenvalue weighted by Crippen LogP contribution is 2.09. The Hall–Kier alpha value is -0.940. The molecule has 19 heavy (non-hydrogen) atoms. The van der Waals surface area contributed by atoms with Gasteiger partial charge in [0.05, 0.1) is 19.8 Å². The summed E-state index contributed by atoms with van der Waals surface area (Å²) in [7, 11) is 3.65. The molecule has 1 aromatic carbocycles. The lowest BCUT2D eigenvalue weighted by Gasteiger charge is -2.10. The van der Waals surface area contributed by atoms with Gasteiger partial charge in [-0.15, -0.1) is 0 Å². The van der Waals surface area contributed by atoms with Gasteiger partial charge >= 0.3 is 0 Å². The minimum Gasteiger partial charge on any atom is -0.385 e. The third-order valence-corrected chi connectivity index (χ3v) is 2.75. The van der Waals surface area contributed by atoms with Crippen molar-refractivity contribution in [3.8, 4) is 0 Å². The Balaban J connectivity index is 2.12. The summed E-state index contributed by atoms with van der Waals surface area (Å²) in [5.41, 5.74) is 2.52. The van der Waals surface area contributed by atoms with Gasteiger partial charge in [0.1, 0.15) is 0 Å². The van der Waals surface area contributed by atoms with Crippen molar-refractivity contribution in [3.63, 3.8) is 0 Å². The maximum Gasteiger partial charge on any atom is 0.0721 e. The summed E-state index contributed by atoms with van der Waals surface area (Å²) in [6.45, 7) is 4.25. The fourth-order valence-electron chi connectivity index (χ4n) is 1.77. The van der Waals surface area contributed by atoms with E-state index in [0.717, 1.165) is 26.2 Å². The van der Waals surface area contributed by atoms with Crippen LogP contribution in [-0.2, 0) is 27.4 Å². The van der Waals surface area contributed by atoms with Crippen molar-refractivity contribution in [2.24, 2.45) is 0 Å². The van der Waals surface area contributed by atoms with Crippen LogP contribution in [0.25, 0.3) is 0 Å². The van der Waals surface area contributed by atoms with E-state index in [1.807, 2.05) is 13.1 Å². The van der Waals surface area contributed by atoms with Crippen LogP contribution in [0, 0.1) is 0 Å². The minimum absolute atomic E-state index is 0.626. The molecule has 0 unspecified atom stereocenters. The Morgan fingerprint density at radius 1 is 0.947 bits per heavy atom. The SMILES string of the molecule is CNCc1ccccc1COCCOCCCOC. The molecule has 0 atom stereocenters. The van der Waals surface area contributed by atoms with Crippen LogP contribution in [0.15, 0.2) is 24.3 Å². The molecule has 1 rings (SSSR count). The summed E-state index contributed by atoms with van der Waals surface area (Å²) in [5, 5.41) is 3.16. The molecular weight excluding hydrogens is 242 g/mol. The van der Waals surface area contributed by atoms with Crippen LogP contribution >= 0.6 is 0 Å². The van der Waals surface area contributed by atoms with Gasteiger partial charge in [0.15, 0.2) is 0 Å². The Morgan fingerprint density at radius 3 is 2.42 bits per heavy atom. The third-order valence-electron chi connectivity index (χ3n) is 2.75. The fourth-order valence-corrected chi connectivity index (χ4v) is 1.77. The molecular formula is C15H25NO3. The monoisotopic (exact) mass is 267 g/mol. The lowest BCUT2D eigenvalue weighted by atomic mass is 10.1. The normalized spacial score (nSPS) is 10.8. The fraction of sp³-hybridized carbons (Fsp3) is 0.600. The van der Waals surface area contributed by atoms with Gasteiger partial charge in [0.25, 0.3) is 0 Å². The second-order valence-corrected chi connectivity index (χ2v) is 4.31. The molecule has 4 heteroatoms. The molecule has 0 saturated carbocycles. The molecule has 0 amide bonds. The van der Waals surface area contributed by atoms with Gasteiger partial charge in [-0.1, -0.05) is 24.3 Å². The maximum atomic E-state index is 5.63. The molecule has 0 heterocycles. The first kappa shape index (κ1) is 16.1. The van der Waals surface area contributed by atoms with Crippen molar-refractivity contribution < 1.29 is 14.2 Å². The molecule has 0 spiro atoms. The Kier molecular flexibility index (Phi) is 9.27. The molecule has 0 aliphatic heterocycles. The highest BCUT2D eigenvalue weighted by atomic mass is 16.5. The number of hydrogen-bond acceptors (Lipinski definition) is 4. The summed E-state index contributed by atoms with van der Waals surface area (Å²) in [4.78, 5) is 0. The van der Waals surface area contributed by atoms with Crippen LogP contribution in [0.5, 0.6) is 0 Å². The zero-order chi connectivity index (χ0) is 13.8. The summed E-state index contributed by atoms with van der Waals surface area (Å²) < 4.78 is 16.0. The van der Waals surface area contributed by atoms with Crippen LogP contribution in [0.1, 0.15) is 17.5 Å². The lowest BCUT2D eigenvalue weighted by molar-refractivity contribution is 0.0335. The number of methoxy groups -OCH3 is 1. The van der Waals surface area contributed by atoms with E-state index in [1.165, 1.54) is 11.1 Å². The molecule has 1 aromatic rings. The third kappa shape index (κ3) is 7.28. The highest BCUT2D eigenvalue weighted by molar-refractivity contribution is 5.26. The zero-order valence-corrected chi connectivity index (χ0v) is 12.0. The Bertz CT molecular complexity index is 331. The molecule has 108 valence electrons. The lowest BCUT2D eigenvalue weighted by Crippen LogP contribution is -2.10. The van der Waals surface area contributed by atoms with Crippen LogP contribution in [0.4, 0.5) is 0 Å². The van der Waals surface area contributed by atoms with Gasteiger partial charge in [-0.05, 0) is 24.6 Å². The molecule has 0 aliphatic carbocycles. The van der Waals surface area contributed by atoms with E-state index in [9.17, 15) is 0 Å². The second kappa shape index (κ2) is 10.9. The predicted molar refractivity (Wildman–Crippen MR) is 76.2 cm³/mol. The Labute approximate surface area is 116 Å². The van der Waals surface area contributed by atoms with Gasteiger partial charge in [-0.25, -0.2) is 0 Å². The average molecular weight is 267 g/mol. The number of nitrogens with one attached hydrogen (secondary N) is 1. The van der Waals surface area contributed by atoms with Crippen molar-refractivity contribution in [1.29, 1.82) is 0 Å². The van der Waals surface area contributed by atoms with E-state index in [4.69, 9.17) is 14.2 Å². The van der Waals surface area contributed by atoms with E-state index in [1.54, 1.807) is 7.11 Å². The van der Waals surface area contributed by atoms with E-state index in [-0.39, 0.29) is 0 Å². The van der Waals surface area contributed by atoms with Crippen molar-refractivity contribution in [1.82, 2.24) is 5.32 Å². The van der Waals surface area contributed by atoms with Gasteiger partial charge in [-0.3, -0.25) is 0 Å². The quantitative estimate of drug-likeness (QED) is 0.622. The highest BCUT2D eigenvalue weighted by Gasteiger charge is 2.00. The van der Waals surface area contributed by atoms with E-state index in [0.29, 0.717) is 19.8 Å². The summed E-state index contributed by atoms with van der Waals surface area (Å²) in [6.07, 6.45) is 0.932. The average Bonchev–Trinajstić information content (AvgIpc) is 2.44. The van der Waals surface area contributed by atoms with Gasteiger partial charge in [0, 0.05) is 26.9 Å². The van der Waals surface area contributed by atoms with Crippen molar-refractivity contribution in [2.45, 2.75) is 19.6 Å². The van der Waals surface area contributed by atoms with Crippen LogP contribution < -0.4 is 5.32 Å². The van der Waals surface area contributed by atoms with Gasteiger partial charge < -0.3 is 19.5 Å². The second-order valence-electron chi connectivity index (χ2n) is 4.31. The summed E-state index contributed by atoms with van der Waals surface area (Å²) >= 11 is 0. The number of ether oxygens (including phenoxy) is 3. The zero-order valence-electron chi connectivity index (χ0n) is 12.0. The number of hydrogen-bond donors (Lipinski definition) is 1. The van der Waals surface area contributed by atoms with Gasteiger partial charge in [0.2, 0.25) is 0 Å². The first-order valence-corrected chi connectivity index (χ1v) is 6.74. The Morgan fingerprint density at radius 2 is 1.68 bits per heavy atom. The van der Waals surface area contributed by atoms with Crippen molar-refractivity contribution >= 4 is 0 Å². The molecule has 1 N–H and O–H groups in total. The molecule has 0 saturated heterocycles. The molecule has 0 aliphatic rings. The van der Waals surface area contributed by atoms with Crippen LogP contribution in [0.2, 0.25) is 0 Å². The first-order chi connectivity index (χ1) is 9.38. The minimum atomic E-state index is 0.626. The molecule has 4 nitrogen and oxygen atoms in total. The maximum absolute atomic E-state index is 5.63. The largest absolute Gasteiger partial charge is 0.385 e. The summed E-state index contributed by atoms with van der Waals surface area (Å²) in [5.74, 6) is 0. The predicted octanol–water partition coefficient (Wildman–Crippen LogP) is 1.98. The van der Waals surface area contributed by atoms with Crippen molar-refractivity contribution in [3.05, 3.63) is 35.4 Å². The smallest absolute Gasteiger partial charge is 0.0721 e. The topological polar surface area (TPSA) is 39.7 Å². The molecule has 0 aromatic heterocycles. The molecule has 0 radical (unpaired) electrons. The molecule has 0 bridgehead atoms. The standard InChI is InChI=1S/C15H25NO3/c1-16-12-14-6-3-4-7-15(14)13-19-11-10-18-9-5-8-17-2/h3-4,6-7,16H,5,8-13H2,1-2H3. The van der Waals surface area contributed by atoms with Crippen molar-refractivity contribution in [2.75, 3.05) is 40.6 Å². The van der Waals surface area contributed by atoms with E-state index < -0.39 is 0 Å². The van der Waals surface area contributed by atoms with E-state index >= 15 is 0 Å². The first-order valence-electron chi connectivity index (χ1n) is 6.74.